The van der Waals surface area contributed by atoms with Crippen LogP contribution in [0.25, 0.3) is 43.6 Å². The molecule has 3 atom stereocenters. The average Bonchev–Trinajstić information content (AvgIpc) is 3.50. The minimum absolute atomic E-state index is 0.122. The topological polar surface area (TPSA) is 117 Å². The maximum Gasteiger partial charge on any atom is 0.286 e. The third-order valence-corrected chi connectivity index (χ3v) is 8.29. The second-order valence-electron chi connectivity index (χ2n) is 9.81. The third-order valence-electron chi connectivity index (χ3n) is 8.29. The largest absolute Gasteiger partial charge is 0.393 e. The molecule has 35 heavy (non-hydrogen) atoms. The summed E-state index contributed by atoms with van der Waals surface area (Å²) in [6.45, 7) is 1.21. The molecule has 0 saturated carbocycles. The number of rotatable bonds is 1. The van der Waals surface area contributed by atoms with Gasteiger partial charge in [0.25, 0.3) is 11.8 Å². The van der Waals surface area contributed by atoms with Crippen LogP contribution in [0, 0.1) is 0 Å². The summed E-state index contributed by atoms with van der Waals surface area (Å²) in [7, 11) is 0. The molecule has 5 heterocycles. The van der Waals surface area contributed by atoms with Crippen LogP contribution in [0.4, 0.5) is 0 Å². The van der Waals surface area contributed by atoms with Crippen LogP contribution in [0.1, 0.15) is 40.3 Å². The number of fused-ring (bicyclic) bond motifs is 13. The summed E-state index contributed by atoms with van der Waals surface area (Å²) >= 11 is 0. The highest BCUT2D eigenvalue weighted by Crippen LogP contribution is 2.57. The Kier molecular flexibility index (Phi) is 3.19. The minimum atomic E-state index is -1.62. The Morgan fingerprint density at radius 2 is 1.51 bits per heavy atom. The second kappa shape index (κ2) is 5.72. The van der Waals surface area contributed by atoms with Crippen molar-refractivity contribution >= 4 is 55.4 Å². The number of imide groups is 1. The molecular weight excluding hydrogens is 450 g/mol. The number of para-hydroxylation sites is 2. The SMILES string of the molecule is C[C@]12O[C@H](C[C@]1(O)CO)n1c3ccccc3c3c4c(c5c6ccccc6n2c5c31)C(=O)N(O)C4=O. The fourth-order valence-corrected chi connectivity index (χ4v) is 6.70. The molecule has 0 aliphatic carbocycles. The normalized spacial score (nSPS) is 27.3. The van der Waals surface area contributed by atoms with Crippen LogP contribution in [0.5, 0.6) is 0 Å². The van der Waals surface area contributed by atoms with Gasteiger partial charge in [0.15, 0.2) is 5.72 Å². The second-order valence-corrected chi connectivity index (χ2v) is 9.81. The first-order valence-electron chi connectivity index (χ1n) is 11.4. The van der Waals surface area contributed by atoms with Gasteiger partial charge in [0, 0.05) is 28.0 Å². The van der Waals surface area contributed by atoms with E-state index in [1.807, 2.05) is 57.7 Å². The van der Waals surface area contributed by atoms with Gasteiger partial charge in [0.2, 0.25) is 0 Å². The van der Waals surface area contributed by atoms with Crippen LogP contribution >= 0.6 is 0 Å². The zero-order valence-corrected chi connectivity index (χ0v) is 18.5. The van der Waals surface area contributed by atoms with E-state index >= 15 is 0 Å². The predicted molar refractivity (Wildman–Crippen MR) is 125 cm³/mol. The third kappa shape index (κ3) is 1.85. The Bertz CT molecular complexity index is 1850. The summed E-state index contributed by atoms with van der Waals surface area (Å²) in [5, 5.41) is 35.2. The van der Waals surface area contributed by atoms with Crippen molar-refractivity contribution in [3.63, 3.8) is 0 Å². The van der Waals surface area contributed by atoms with Gasteiger partial charge < -0.3 is 24.1 Å². The lowest BCUT2D eigenvalue weighted by molar-refractivity contribution is -0.189. The van der Waals surface area contributed by atoms with Gasteiger partial charge in [-0.1, -0.05) is 36.4 Å². The van der Waals surface area contributed by atoms with E-state index in [4.69, 9.17) is 4.74 Å². The number of hydrogen-bond acceptors (Lipinski definition) is 6. The van der Waals surface area contributed by atoms with Gasteiger partial charge in [0.1, 0.15) is 11.8 Å². The highest BCUT2D eigenvalue weighted by Gasteiger charge is 2.61. The average molecular weight is 469 g/mol. The first-order chi connectivity index (χ1) is 16.8. The number of carbonyl (C=O) groups is 2. The first-order valence-corrected chi connectivity index (χ1v) is 11.4. The van der Waals surface area contributed by atoms with Crippen LogP contribution in [0.15, 0.2) is 48.5 Å². The number of aromatic nitrogens is 2. The number of benzene rings is 3. The van der Waals surface area contributed by atoms with Crippen LogP contribution in [-0.2, 0) is 10.5 Å². The van der Waals surface area contributed by atoms with Crippen LogP contribution in [0.3, 0.4) is 0 Å². The number of hydroxylamine groups is 2. The lowest BCUT2D eigenvalue weighted by Gasteiger charge is -2.38. The lowest BCUT2D eigenvalue weighted by Crippen LogP contribution is -2.53. The molecule has 3 N–H and O–H groups in total. The molecule has 3 aliphatic heterocycles. The van der Waals surface area contributed by atoms with E-state index in [0.29, 0.717) is 32.7 Å². The van der Waals surface area contributed by atoms with E-state index in [-0.39, 0.29) is 22.6 Å². The molecule has 8 rings (SSSR count). The van der Waals surface area contributed by atoms with Gasteiger partial charge in [-0.3, -0.25) is 14.8 Å². The Hall–Kier alpha value is -3.76. The maximum atomic E-state index is 13.3. The molecule has 2 amide bonds. The molecule has 1 fully saturated rings. The molecule has 2 bridgehead atoms. The summed E-state index contributed by atoms with van der Waals surface area (Å²) in [6, 6.07) is 14.9. The van der Waals surface area contributed by atoms with Gasteiger partial charge in [-0.25, -0.2) is 0 Å². The Balaban J connectivity index is 1.78. The van der Waals surface area contributed by atoms with Crippen molar-refractivity contribution in [2.75, 3.05) is 6.61 Å². The maximum absolute atomic E-state index is 13.3. The standard InChI is InChI=1S/C26H19N3O6/c1-25-26(33,11-30)10-16(35-25)27-14-8-4-2-6-12(14)17-19-20(24(32)29(34)23(19)31)18-13-7-3-5-9-15(13)28(25)22(18)21(17)27/h2-9,16,30,33-34H,10-11H2,1H3/t16-,25+,26+/m1/s1. The summed E-state index contributed by atoms with van der Waals surface area (Å²) < 4.78 is 10.4. The number of aliphatic hydroxyl groups is 2. The van der Waals surface area contributed by atoms with Gasteiger partial charge in [-0.05, 0) is 19.1 Å². The number of nitrogens with zero attached hydrogens (tertiary/aromatic N) is 3. The molecule has 0 unspecified atom stereocenters. The fraction of sp³-hybridized carbons (Fsp3) is 0.231. The van der Waals surface area contributed by atoms with E-state index in [1.165, 1.54) is 0 Å². The fourth-order valence-electron chi connectivity index (χ4n) is 6.70. The van der Waals surface area contributed by atoms with Crippen molar-refractivity contribution in [3.05, 3.63) is 59.7 Å². The minimum Gasteiger partial charge on any atom is -0.393 e. The number of aliphatic hydroxyl groups excluding tert-OH is 1. The molecule has 1 saturated heterocycles. The van der Waals surface area contributed by atoms with E-state index in [9.17, 15) is 25.0 Å². The van der Waals surface area contributed by atoms with Gasteiger partial charge >= 0.3 is 0 Å². The zero-order chi connectivity index (χ0) is 24.0. The summed E-state index contributed by atoms with van der Waals surface area (Å²) in [4.78, 5) is 26.6. The smallest absolute Gasteiger partial charge is 0.286 e. The highest BCUT2D eigenvalue weighted by molar-refractivity contribution is 6.39. The van der Waals surface area contributed by atoms with Crippen molar-refractivity contribution in [1.29, 1.82) is 0 Å². The first kappa shape index (κ1) is 19.5. The van der Waals surface area contributed by atoms with E-state index in [1.54, 1.807) is 6.92 Å². The highest BCUT2D eigenvalue weighted by atomic mass is 16.6. The van der Waals surface area contributed by atoms with Crippen LogP contribution < -0.4 is 0 Å². The van der Waals surface area contributed by atoms with Crippen molar-refractivity contribution < 1.29 is 29.7 Å². The molecule has 3 aliphatic rings. The molecule has 9 heteroatoms. The van der Waals surface area contributed by atoms with Gasteiger partial charge in [-0.2, -0.15) is 0 Å². The van der Waals surface area contributed by atoms with Crippen molar-refractivity contribution in [3.8, 4) is 0 Å². The van der Waals surface area contributed by atoms with Crippen molar-refractivity contribution in [1.82, 2.24) is 14.2 Å². The predicted octanol–water partition coefficient (Wildman–Crippen LogP) is 3.22. The molecule has 5 aromatic rings. The van der Waals surface area contributed by atoms with E-state index < -0.39 is 36.0 Å². The molecule has 3 aromatic carbocycles. The van der Waals surface area contributed by atoms with E-state index in [0.717, 1.165) is 10.9 Å². The van der Waals surface area contributed by atoms with Gasteiger partial charge in [-0.15, -0.1) is 5.06 Å². The Morgan fingerprint density at radius 3 is 2.17 bits per heavy atom. The van der Waals surface area contributed by atoms with Crippen molar-refractivity contribution in [2.45, 2.75) is 30.9 Å². The number of ether oxygens (including phenoxy) is 1. The zero-order valence-electron chi connectivity index (χ0n) is 18.5. The Labute approximate surface area is 196 Å². The monoisotopic (exact) mass is 469 g/mol. The molecular formula is C26H19N3O6. The van der Waals surface area contributed by atoms with Gasteiger partial charge in [0.05, 0.1) is 39.8 Å². The molecule has 0 spiro atoms. The number of carbonyl (C=O) groups excluding carboxylic acids is 2. The molecule has 9 nitrogen and oxygen atoms in total. The number of amides is 2. The quantitative estimate of drug-likeness (QED) is 0.256. The van der Waals surface area contributed by atoms with Crippen LogP contribution in [0.2, 0.25) is 0 Å². The summed E-state index contributed by atoms with van der Waals surface area (Å²) in [6.07, 6.45) is -0.519. The Morgan fingerprint density at radius 1 is 0.943 bits per heavy atom. The molecule has 0 radical (unpaired) electrons. The lowest BCUT2D eigenvalue weighted by atomic mass is 9.89. The van der Waals surface area contributed by atoms with E-state index in [2.05, 4.69) is 0 Å². The summed E-state index contributed by atoms with van der Waals surface area (Å²) in [5.74, 6) is -1.55. The number of hydrogen-bond donors (Lipinski definition) is 3. The van der Waals surface area contributed by atoms with Crippen molar-refractivity contribution in [2.24, 2.45) is 0 Å². The van der Waals surface area contributed by atoms with Crippen LogP contribution in [-0.4, -0.2) is 53.6 Å². The molecule has 174 valence electrons. The summed E-state index contributed by atoms with van der Waals surface area (Å²) in [5.41, 5.74) is 0.0589. The molecule has 2 aromatic heterocycles.